The predicted molar refractivity (Wildman–Crippen MR) is 101 cm³/mol. The third-order valence-corrected chi connectivity index (χ3v) is 3.99. The van der Waals surface area contributed by atoms with Gasteiger partial charge in [0.05, 0.1) is 25.1 Å². The summed E-state index contributed by atoms with van der Waals surface area (Å²) in [6, 6.07) is 10.6. The van der Waals surface area contributed by atoms with E-state index in [1.807, 2.05) is 42.0 Å². The summed E-state index contributed by atoms with van der Waals surface area (Å²) in [7, 11) is 1.50. The molecule has 0 aliphatic carbocycles. The molecule has 7 heteroatoms. The molecule has 0 saturated heterocycles. The maximum absolute atomic E-state index is 12.5. The van der Waals surface area contributed by atoms with Crippen molar-refractivity contribution in [2.75, 3.05) is 19.0 Å². The Morgan fingerprint density at radius 3 is 2.65 bits per heavy atom. The molecular formula is C19H18ClN3O3. The molecule has 0 saturated carbocycles. The number of rotatable bonds is 6. The molecule has 6 nitrogen and oxygen atoms in total. The zero-order chi connectivity index (χ0) is 18.5. The Morgan fingerprint density at radius 1 is 1.27 bits per heavy atom. The molecule has 3 rings (SSSR count). The van der Waals surface area contributed by atoms with E-state index in [1.165, 1.54) is 7.11 Å². The molecule has 3 aromatic rings. The van der Waals surface area contributed by atoms with Crippen LogP contribution in [0.5, 0.6) is 11.5 Å². The third-order valence-electron chi connectivity index (χ3n) is 3.71. The summed E-state index contributed by atoms with van der Waals surface area (Å²) in [5.41, 5.74) is 2.00. The number of imidazole rings is 1. The minimum absolute atomic E-state index is 0.288. The van der Waals surface area contributed by atoms with Crippen LogP contribution >= 0.6 is 11.6 Å². The molecule has 0 radical (unpaired) electrons. The number of anilines is 1. The van der Waals surface area contributed by atoms with Crippen LogP contribution in [0.2, 0.25) is 5.02 Å². The first kappa shape index (κ1) is 17.8. The maximum Gasteiger partial charge on any atom is 0.255 e. The van der Waals surface area contributed by atoms with Gasteiger partial charge in [0.2, 0.25) is 0 Å². The summed E-state index contributed by atoms with van der Waals surface area (Å²) in [6.07, 6.45) is 5.27. The molecule has 1 aromatic heterocycles. The van der Waals surface area contributed by atoms with Gasteiger partial charge in [0.1, 0.15) is 0 Å². The molecule has 134 valence electrons. The Kier molecular flexibility index (Phi) is 5.43. The number of nitrogens with one attached hydrogen (secondary N) is 1. The lowest BCUT2D eigenvalue weighted by atomic mass is 10.1. The number of amides is 1. The van der Waals surface area contributed by atoms with Crippen molar-refractivity contribution < 1.29 is 14.3 Å². The highest BCUT2D eigenvalue weighted by molar-refractivity contribution is 6.32. The van der Waals surface area contributed by atoms with Crippen LogP contribution in [-0.2, 0) is 0 Å². The van der Waals surface area contributed by atoms with Crippen LogP contribution in [0.1, 0.15) is 17.3 Å². The van der Waals surface area contributed by atoms with Crippen molar-refractivity contribution in [3.63, 3.8) is 0 Å². The van der Waals surface area contributed by atoms with Crippen molar-refractivity contribution in [2.24, 2.45) is 0 Å². The number of halogens is 1. The number of benzene rings is 2. The Bertz CT molecular complexity index is 893. The zero-order valence-corrected chi connectivity index (χ0v) is 15.2. The molecule has 26 heavy (non-hydrogen) atoms. The molecule has 1 heterocycles. The van der Waals surface area contributed by atoms with Gasteiger partial charge in [0.25, 0.3) is 5.91 Å². The topological polar surface area (TPSA) is 65.4 Å². The fourth-order valence-electron chi connectivity index (χ4n) is 2.47. The summed E-state index contributed by atoms with van der Waals surface area (Å²) in [6.45, 7) is 2.30. The van der Waals surface area contributed by atoms with E-state index in [0.717, 1.165) is 5.69 Å². The summed E-state index contributed by atoms with van der Waals surface area (Å²) in [5.74, 6) is 0.557. The van der Waals surface area contributed by atoms with Crippen LogP contribution < -0.4 is 14.8 Å². The highest BCUT2D eigenvalue weighted by Crippen LogP contribution is 2.36. The number of methoxy groups -OCH3 is 1. The number of ether oxygens (including phenoxy) is 2. The van der Waals surface area contributed by atoms with Gasteiger partial charge in [-0.2, -0.15) is 0 Å². The molecule has 2 aromatic carbocycles. The summed E-state index contributed by atoms with van der Waals surface area (Å²) < 4.78 is 12.6. The van der Waals surface area contributed by atoms with E-state index in [0.29, 0.717) is 34.4 Å². The minimum atomic E-state index is -0.288. The lowest BCUT2D eigenvalue weighted by Gasteiger charge is -2.13. The molecular weight excluding hydrogens is 354 g/mol. The average molecular weight is 372 g/mol. The molecule has 0 spiro atoms. The number of carbonyl (C=O) groups is 1. The molecule has 0 fully saturated rings. The lowest BCUT2D eigenvalue weighted by Crippen LogP contribution is -2.12. The van der Waals surface area contributed by atoms with E-state index in [1.54, 1.807) is 24.7 Å². The van der Waals surface area contributed by atoms with Gasteiger partial charge in [-0.15, -0.1) is 0 Å². The second kappa shape index (κ2) is 7.93. The molecule has 0 unspecified atom stereocenters. The Hall–Kier alpha value is -2.99. The van der Waals surface area contributed by atoms with Crippen molar-refractivity contribution in [1.82, 2.24) is 9.55 Å². The van der Waals surface area contributed by atoms with Crippen LogP contribution in [0.3, 0.4) is 0 Å². The lowest BCUT2D eigenvalue weighted by molar-refractivity contribution is 0.102. The van der Waals surface area contributed by atoms with Crippen LogP contribution in [0.15, 0.2) is 55.1 Å². The molecule has 1 amide bonds. The van der Waals surface area contributed by atoms with Crippen molar-refractivity contribution in [3.8, 4) is 17.2 Å². The highest BCUT2D eigenvalue weighted by Gasteiger charge is 2.16. The minimum Gasteiger partial charge on any atom is -0.493 e. The second-order valence-corrected chi connectivity index (χ2v) is 5.80. The van der Waals surface area contributed by atoms with Crippen LogP contribution in [0, 0.1) is 0 Å². The van der Waals surface area contributed by atoms with Gasteiger partial charge in [-0.05, 0) is 43.3 Å². The smallest absolute Gasteiger partial charge is 0.255 e. The van der Waals surface area contributed by atoms with Gasteiger partial charge < -0.3 is 19.4 Å². The van der Waals surface area contributed by atoms with Gasteiger partial charge in [-0.1, -0.05) is 11.6 Å². The molecule has 0 atom stereocenters. The standard InChI is InChI=1S/C19H18ClN3O3/c1-3-26-18-16(20)10-13(11-17(18)25-2)19(24)22-14-4-6-15(7-5-14)23-9-8-21-12-23/h4-12H,3H2,1-2H3,(H,22,24). The van der Waals surface area contributed by atoms with E-state index in [9.17, 15) is 4.79 Å². The van der Waals surface area contributed by atoms with E-state index in [2.05, 4.69) is 10.3 Å². The number of hydrogen-bond acceptors (Lipinski definition) is 4. The van der Waals surface area contributed by atoms with Gasteiger partial charge in [0.15, 0.2) is 11.5 Å². The summed E-state index contributed by atoms with van der Waals surface area (Å²) in [4.78, 5) is 16.5. The monoisotopic (exact) mass is 371 g/mol. The first-order chi connectivity index (χ1) is 12.6. The highest BCUT2D eigenvalue weighted by atomic mass is 35.5. The fraction of sp³-hybridized carbons (Fsp3) is 0.158. The maximum atomic E-state index is 12.5. The molecule has 0 bridgehead atoms. The molecule has 0 aliphatic heterocycles. The zero-order valence-electron chi connectivity index (χ0n) is 14.4. The van der Waals surface area contributed by atoms with Crippen molar-refractivity contribution in [3.05, 3.63) is 65.7 Å². The number of nitrogens with zero attached hydrogens (tertiary/aromatic N) is 2. The van der Waals surface area contributed by atoms with Crippen LogP contribution in [0.4, 0.5) is 5.69 Å². The SMILES string of the molecule is CCOc1c(Cl)cc(C(=O)Nc2ccc(-n3ccnc3)cc2)cc1OC. The second-order valence-electron chi connectivity index (χ2n) is 5.39. The van der Waals surface area contributed by atoms with E-state index in [-0.39, 0.29) is 5.91 Å². The number of aromatic nitrogens is 2. The first-order valence-electron chi connectivity index (χ1n) is 8.02. The number of carbonyl (C=O) groups excluding carboxylic acids is 1. The summed E-state index contributed by atoms with van der Waals surface area (Å²) >= 11 is 6.22. The predicted octanol–water partition coefficient (Wildman–Crippen LogP) is 4.19. The van der Waals surface area contributed by atoms with Gasteiger partial charge >= 0.3 is 0 Å². The molecule has 1 N–H and O–H groups in total. The van der Waals surface area contributed by atoms with Crippen molar-refractivity contribution in [2.45, 2.75) is 6.92 Å². The van der Waals surface area contributed by atoms with Gasteiger partial charge in [0, 0.05) is 29.3 Å². The normalized spacial score (nSPS) is 10.4. The first-order valence-corrected chi connectivity index (χ1v) is 8.40. The fourth-order valence-corrected chi connectivity index (χ4v) is 2.73. The average Bonchev–Trinajstić information content (AvgIpc) is 3.18. The largest absolute Gasteiger partial charge is 0.493 e. The van der Waals surface area contributed by atoms with Gasteiger partial charge in [-0.25, -0.2) is 4.98 Å². The van der Waals surface area contributed by atoms with E-state index < -0.39 is 0 Å². The Labute approximate surface area is 156 Å². The van der Waals surface area contributed by atoms with Crippen LogP contribution in [0.25, 0.3) is 5.69 Å². The van der Waals surface area contributed by atoms with Gasteiger partial charge in [-0.3, -0.25) is 4.79 Å². The van der Waals surface area contributed by atoms with Crippen molar-refractivity contribution in [1.29, 1.82) is 0 Å². The quantitative estimate of drug-likeness (QED) is 0.705. The van der Waals surface area contributed by atoms with E-state index in [4.69, 9.17) is 21.1 Å². The Morgan fingerprint density at radius 2 is 2.04 bits per heavy atom. The summed E-state index contributed by atoms with van der Waals surface area (Å²) in [5, 5.41) is 3.17. The Balaban J connectivity index is 1.78. The third kappa shape index (κ3) is 3.81. The number of hydrogen-bond donors (Lipinski definition) is 1. The van der Waals surface area contributed by atoms with Crippen LogP contribution in [-0.4, -0.2) is 29.2 Å². The molecule has 0 aliphatic rings. The van der Waals surface area contributed by atoms with E-state index >= 15 is 0 Å². The van der Waals surface area contributed by atoms with Crippen molar-refractivity contribution >= 4 is 23.2 Å².